The average molecular weight is 394 g/mol. The number of carbonyl (C=O) groups excluding carboxylic acids is 1. The second kappa shape index (κ2) is 7.50. The number of rotatable bonds is 4. The van der Waals surface area contributed by atoms with Crippen molar-refractivity contribution in [2.45, 2.75) is 33.1 Å². The molecule has 0 bridgehead atoms. The number of benzene rings is 1. The van der Waals surface area contributed by atoms with E-state index >= 15 is 0 Å². The van der Waals surface area contributed by atoms with Crippen LogP contribution in [0.3, 0.4) is 0 Å². The molecule has 0 saturated carbocycles. The van der Waals surface area contributed by atoms with Crippen LogP contribution in [0.15, 0.2) is 30.5 Å². The molecule has 4 rings (SSSR count). The molecule has 0 unspecified atom stereocenters. The molecule has 29 heavy (non-hydrogen) atoms. The lowest BCUT2D eigenvalue weighted by Gasteiger charge is -2.29. The van der Waals surface area contributed by atoms with Gasteiger partial charge in [0, 0.05) is 24.8 Å². The largest absolute Gasteiger partial charge is 0.372 e. The molecule has 1 aliphatic rings. The molecule has 1 fully saturated rings. The van der Waals surface area contributed by atoms with Crippen molar-refractivity contribution in [2.75, 3.05) is 23.3 Å². The summed E-state index contributed by atoms with van der Waals surface area (Å²) in [5, 5.41) is 18.5. The van der Waals surface area contributed by atoms with Gasteiger partial charge in [0.05, 0.1) is 16.8 Å². The maximum atomic E-state index is 12.9. The summed E-state index contributed by atoms with van der Waals surface area (Å²) >= 11 is 0. The molecule has 9 heteroatoms. The van der Waals surface area contributed by atoms with Gasteiger partial charge in [0.1, 0.15) is 5.56 Å². The molecule has 3 heterocycles. The Kier molecular flexibility index (Phi) is 4.87. The fourth-order valence-corrected chi connectivity index (χ4v) is 3.70. The number of piperidine rings is 1. The second-order valence-corrected chi connectivity index (χ2v) is 7.32. The number of imidazole rings is 1. The molecule has 1 N–H and O–H groups in total. The van der Waals surface area contributed by atoms with Crippen LogP contribution in [0.25, 0.3) is 5.65 Å². The SMILES string of the molecule is Cc1cn2nc(NC(=O)c3cc(N4CCCCC4)ccc3[N+](=O)[O-])cc(C)c2n1. The Balaban J connectivity index is 1.67. The number of hydrogen-bond acceptors (Lipinski definition) is 6. The first-order valence-corrected chi connectivity index (χ1v) is 9.61. The van der Waals surface area contributed by atoms with Gasteiger partial charge in [-0.05, 0) is 56.9 Å². The van der Waals surface area contributed by atoms with Crippen molar-refractivity contribution < 1.29 is 9.72 Å². The Morgan fingerprint density at radius 1 is 1.17 bits per heavy atom. The lowest BCUT2D eigenvalue weighted by Crippen LogP contribution is -2.29. The number of aryl methyl sites for hydroxylation is 2. The lowest BCUT2D eigenvalue weighted by atomic mass is 10.1. The lowest BCUT2D eigenvalue weighted by molar-refractivity contribution is -0.385. The van der Waals surface area contributed by atoms with E-state index in [9.17, 15) is 14.9 Å². The van der Waals surface area contributed by atoms with Crippen molar-refractivity contribution in [2.24, 2.45) is 0 Å². The Morgan fingerprint density at radius 2 is 1.93 bits per heavy atom. The van der Waals surface area contributed by atoms with Gasteiger partial charge in [-0.25, -0.2) is 9.50 Å². The first-order chi connectivity index (χ1) is 13.9. The Morgan fingerprint density at radius 3 is 2.66 bits per heavy atom. The molecule has 2 aromatic heterocycles. The van der Waals surface area contributed by atoms with Gasteiger partial charge >= 0.3 is 0 Å². The average Bonchev–Trinajstić information content (AvgIpc) is 3.09. The van der Waals surface area contributed by atoms with Gasteiger partial charge in [-0.15, -0.1) is 5.10 Å². The van der Waals surface area contributed by atoms with Crippen LogP contribution in [-0.4, -0.2) is 38.5 Å². The molecule has 9 nitrogen and oxygen atoms in total. The van der Waals surface area contributed by atoms with Gasteiger partial charge in [0.15, 0.2) is 11.5 Å². The summed E-state index contributed by atoms with van der Waals surface area (Å²) in [7, 11) is 0. The molecule has 1 amide bonds. The highest BCUT2D eigenvalue weighted by atomic mass is 16.6. The van der Waals surface area contributed by atoms with Crippen molar-refractivity contribution in [3.05, 3.63) is 57.4 Å². The monoisotopic (exact) mass is 394 g/mol. The number of amides is 1. The van der Waals surface area contributed by atoms with E-state index < -0.39 is 10.8 Å². The standard InChI is InChI=1S/C20H22N6O3/c1-13-10-18(23-25-12-14(2)21-19(13)25)22-20(27)16-11-15(6-7-17(16)26(28)29)24-8-4-3-5-9-24/h6-7,10-12H,3-5,8-9H2,1-2H3,(H,22,23,27). The third-order valence-electron chi connectivity index (χ3n) is 5.11. The number of carbonyl (C=O) groups is 1. The van der Waals surface area contributed by atoms with Crippen LogP contribution in [0.4, 0.5) is 17.2 Å². The van der Waals surface area contributed by atoms with Crippen molar-refractivity contribution in [3.8, 4) is 0 Å². The van der Waals surface area contributed by atoms with Gasteiger partial charge < -0.3 is 10.2 Å². The smallest absolute Gasteiger partial charge is 0.282 e. The molecule has 0 spiro atoms. The van der Waals surface area contributed by atoms with Crippen LogP contribution < -0.4 is 10.2 Å². The van der Waals surface area contributed by atoms with E-state index in [1.165, 1.54) is 12.5 Å². The minimum Gasteiger partial charge on any atom is -0.372 e. The quantitative estimate of drug-likeness (QED) is 0.536. The third-order valence-corrected chi connectivity index (χ3v) is 5.11. The fraction of sp³-hybridized carbons (Fsp3) is 0.350. The van der Waals surface area contributed by atoms with Crippen molar-refractivity contribution in [1.29, 1.82) is 0 Å². The normalized spacial score (nSPS) is 14.2. The van der Waals surface area contributed by atoms with Gasteiger partial charge in [-0.3, -0.25) is 14.9 Å². The van der Waals surface area contributed by atoms with E-state index in [1.54, 1.807) is 28.9 Å². The number of nitrogens with zero attached hydrogens (tertiary/aromatic N) is 5. The van der Waals surface area contributed by atoms with E-state index in [0.717, 1.165) is 42.9 Å². The number of fused-ring (bicyclic) bond motifs is 1. The van der Waals surface area contributed by atoms with E-state index in [0.29, 0.717) is 11.5 Å². The molecule has 1 saturated heterocycles. The fourth-order valence-electron chi connectivity index (χ4n) is 3.70. The molecule has 1 aliphatic heterocycles. The molecule has 150 valence electrons. The molecule has 0 radical (unpaired) electrons. The summed E-state index contributed by atoms with van der Waals surface area (Å²) < 4.78 is 1.60. The zero-order chi connectivity index (χ0) is 20.5. The first kappa shape index (κ1) is 18.9. The molecule has 3 aromatic rings. The topological polar surface area (TPSA) is 106 Å². The number of nitro benzene ring substituents is 1. The van der Waals surface area contributed by atoms with Crippen LogP contribution in [0.5, 0.6) is 0 Å². The summed E-state index contributed by atoms with van der Waals surface area (Å²) in [5.74, 6) is -0.242. The van der Waals surface area contributed by atoms with Crippen molar-refractivity contribution in [1.82, 2.24) is 14.6 Å². The van der Waals surface area contributed by atoms with Crippen LogP contribution >= 0.6 is 0 Å². The highest BCUT2D eigenvalue weighted by molar-refractivity contribution is 6.07. The molecular weight excluding hydrogens is 372 g/mol. The number of nitrogens with one attached hydrogen (secondary N) is 1. The maximum Gasteiger partial charge on any atom is 0.282 e. The third kappa shape index (κ3) is 3.75. The van der Waals surface area contributed by atoms with Crippen LogP contribution in [-0.2, 0) is 0 Å². The number of aromatic nitrogens is 3. The van der Waals surface area contributed by atoms with E-state index in [-0.39, 0.29) is 11.3 Å². The summed E-state index contributed by atoms with van der Waals surface area (Å²) in [6, 6.07) is 6.43. The molecular formula is C20H22N6O3. The van der Waals surface area contributed by atoms with Gasteiger partial charge in [0.25, 0.3) is 11.6 Å². The summed E-state index contributed by atoms with van der Waals surface area (Å²) in [6.45, 7) is 5.51. The Bertz CT molecular complexity index is 1100. The Labute approximate surface area is 167 Å². The predicted octanol–water partition coefficient (Wildman–Crippen LogP) is 3.50. The number of hydrogen-bond donors (Lipinski definition) is 1. The summed E-state index contributed by atoms with van der Waals surface area (Å²) in [5.41, 5.74) is 3.00. The summed E-state index contributed by atoms with van der Waals surface area (Å²) in [6.07, 6.45) is 5.09. The van der Waals surface area contributed by atoms with Crippen LogP contribution in [0.2, 0.25) is 0 Å². The molecule has 1 aromatic carbocycles. The van der Waals surface area contributed by atoms with Crippen LogP contribution in [0, 0.1) is 24.0 Å². The minimum atomic E-state index is -0.557. The number of anilines is 2. The predicted molar refractivity (Wildman–Crippen MR) is 110 cm³/mol. The number of nitro groups is 1. The zero-order valence-electron chi connectivity index (χ0n) is 16.4. The van der Waals surface area contributed by atoms with Crippen LogP contribution in [0.1, 0.15) is 40.9 Å². The second-order valence-electron chi connectivity index (χ2n) is 7.32. The van der Waals surface area contributed by atoms with Crippen molar-refractivity contribution in [3.63, 3.8) is 0 Å². The van der Waals surface area contributed by atoms with Crippen molar-refractivity contribution >= 4 is 28.7 Å². The highest BCUT2D eigenvalue weighted by Gasteiger charge is 2.23. The van der Waals surface area contributed by atoms with Gasteiger partial charge in [0.2, 0.25) is 0 Å². The minimum absolute atomic E-state index is 0.0273. The summed E-state index contributed by atoms with van der Waals surface area (Å²) in [4.78, 5) is 30.4. The highest BCUT2D eigenvalue weighted by Crippen LogP contribution is 2.28. The molecule has 0 atom stereocenters. The van der Waals surface area contributed by atoms with E-state index in [2.05, 4.69) is 20.3 Å². The first-order valence-electron chi connectivity index (χ1n) is 9.61. The zero-order valence-corrected chi connectivity index (χ0v) is 16.4. The maximum absolute atomic E-state index is 12.9. The van der Waals surface area contributed by atoms with E-state index in [1.807, 2.05) is 13.8 Å². The van der Waals surface area contributed by atoms with E-state index in [4.69, 9.17) is 0 Å². The Hall–Kier alpha value is -3.49. The van der Waals surface area contributed by atoms with Gasteiger partial charge in [-0.1, -0.05) is 0 Å². The van der Waals surface area contributed by atoms with Gasteiger partial charge in [-0.2, -0.15) is 0 Å². The molecule has 0 aliphatic carbocycles.